The molecule has 0 aliphatic rings. The number of hydrogen-bond donors (Lipinski definition) is 1. The summed E-state index contributed by atoms with van der Waals surface area (Å²) in [5, 5.41) is 3.31. The third-order valence-electron chi connectivity index (χ3n) is 2.66. The summed E-state index contributed by atoms with van der Waals surface area (Å²) < 4.78 is 14.4. The van der Waals surface area contributed by atoms with Crippen LogP contribution in [0.3, 0.4) is 0 Å². The summed E-state index contributed by atoms with van der Waals surface area (Å²) in [6, 6.07) is 5.13. The summed E-state index contributed by atoms with van der Waals surface area (Å²) in [5.41, 5.74) is 0.803. The summed E-state index contributed by atoms with van der Waals surface area (Å²) in [5.74, 6) is 0.484. The Hall–Kier alpha value is -0.410. The molecule has 0 heterocycles. The SMILES string of the molecule is CCNCC(C)CCc1cc(Br)ccc1F. The molecule has 90 valence electrons. The Labute approximate surface area is 106 Å². The lowest BCUT2D eigenvalue weighted by Crippen LogP contribution is -2.20. The van der Waals surface area contributed by atoms with Gasteiger partial charge in [-0.3, -0.25) is 0 Å². The molecule has 16 heavy (non-hydrogen) atoms. The van der Waals surface area contributed by atoms with Crippen molar-refractivity contribution in [3.05, 3.63) is 34.1 Å². The van der Waals surface area contributed by atoms with Crippen LogP contribution in [0.5, 0.6) is 0 Å². The molecule has 1 nitrogen and oxygen atoms in total. The maximum absolute atomic E-state index is 13.4. The van der Waals surface area contributed by atoms with Crippen LogP contribution in [0.25, 0.3) is 0 Å². The van der Waals surface area contributed by atoms with Crippen LogP contribution in [0.2, 0.25) is 0 Å². The van der Waals surface area contributed by atoms with Crippen molar-refractivity contribution < 1.29 is 4.39 Å². The normalized spacial score (nSPS) is 12.8. The Kier molecular flexibility index (Phi) is 5.99. The van der Waals surface area contributed by atoms with E-state index in [0.29, 0.717) is 5.92 Å². The number of halogens is 2. The molecule has 0 amide bonds. The summed E-state index contributed by atoms with van der Waals surface area (Å²) in [6.07, 6.45) is 1.82. The van der Waals surface area contributed by atoms with Crippen molar-refractivity contribution in [2.75, 3.05) is 13.1 Å². The van der Waals surface area contributed by atoms with Crippen LogP contribution < -0.4 is 5.32 Å². The van der Waals surface area contributed by atoms with Crippen molar-refractivity contribution in [3.8, 4) is 0 Å². The second-order valence-corrected chi connectivity index (χ2v) is 5.10. The molecule has 1 rings (SSSR count). The van der Waals surface area contributed by atoms with E-state index in [9.17, 15) is 4.39 Å². The van der Waals surface area contributed by atoms with Gasteiger partial charge in [0.1, 0.15) is 5.82 Å². The summed E-state index contributed by atoms with van der Waals surface area (Å²) >= 11 is 3.37. The van der Waals surface area contributed by atoms with E-state index in [0.717, 1.165) is 36.0 Å². The molecule has 0 fully saturated rings. The largest absolute Gasteiger partial charge is 0.317 e. The van der Waals surface area contributed by atoms with Crippen LogP contribution in [-0.4, -0.2) is 13.1 Å². The lowest BCUT2D eigenvalue weighted by Gasteiger charge is -2.12. The second-order valence-electron chi connectivity index (χ2n) is 4.19. The number of nitrogens with one attached hydrogen (secondary N) is 1. The predicted octanol–water partition coefficient (Wildman–Crippen LogP) is 3.77. The molecular weight excluding hydrogens is 269 g/mol. The number of benzene rings is 1. The van der Waals surface area contributed by atoms with Crippen molar-refractivity contribution >= 4 is 15.9 Å². The second kappa shape index (κ2) is 7.02. The van der Waals surface area contributed by atoms with Crippen LogP contribution in [0.1, 0.15) is 25.8 Å². The highest BCUT2D eigenvalue weighted by atomic mass is 79.9. The molecule has 0 aromatic heterocycles. The molecule has 1 unspecified atom stereocenters. The zero-order valence-electron chi connectivity index (χ0n) is 9.89. The molecule has 0 aliphatic heterocycles. The van der Waals surface area contributed by atoms with Crippen LogP contribution in [0.15, 0.2) is 22.7 Å². The van der Waals surface area contributed by atoms with Crippen LogP contribution in [0.4, 0.5) is 4.39 Å². The fraction of sp³-hybridized carbons (Fsp3) is 0.538. The van der Waals surface area contributed by atoms with Gasteiger partial charge in [-0.15, -0.1) is 0 Å². The van der Waals surface area contributed by atoms with Crippen LogP contribution in [-0.2, 0) is 6.42 Å². The smallest absolute Gasteiger partial charge is 0.126 e. The van der Waals surface area contributed by atoms with E-state index in [-0.39, 0.29) is 5.82 Å². The van der Waals surface area contributed by atoms with E-state index in [1.54, 1.807) is 6.07 Å². The molecule has 1 aromatic rings. The molecule has 0 aliphatic carbocycles. The summed E-state index contributed by atoms with van der Waals surface area (Å²) in [7, 11) is 0. The van der Waals surface area contributed by atoms with E-state index in [4.69, 9.17) is 0 Å². The number of hydrogen-bond acceptors (Lipinski definition) is 1. The molecule has 0 radical (unpaired) electrons. The molecule has 0 saturated carbocycles. The Morgan fingerprint density at radius 2 is 2.19 bits per heavy atom. The lowest BCUT2D eigenvalue weighted by molar-refractivity contribution is 0.483. The van der Waals surface area contributed by atoms with Crippen molar-refractivity contribution in [1.29, 1.82) is 0 Å². The first-order chi connectivity index (χ1) is 7.63. The van der Waals surface area contributed by atoms with E-state index >= 15 is 0 Å². The third-order valence-corrected chi connectivity index (χ3v) is 3.15. The molecule has 0 saturated heterocycles. The molecule has 1 aromatic carbocycles. The average molecular weight is 288 g/mol. The standard InChI is InChI=1S/C13H19BrFN/c1-3-16-9-10(2)4-5-11-8-12(14)6-7-13(11)15/h6-8,10,16H,3-5,9H2,1-2H3. The molecular formula is C13H19BrFN. The van der Waals surface area contributed by atoms with Gasteiger partial charge in [-0.1, -0.05) is 29.8 Å². The fourth-order valence-corrected chi connectivity index (χ4v) is 2.04. The van der Waals surface area contributed by atoms with Crippen molar-refractivity contribution in [2.45, 2.75) is 26.7 Å². The van der Waals surface area contributed by atoms with Gasteiger partial charge in [-0.2, -0.15) is 0 Å². The molecule has 1 atom stereocenters. The maximum Gasteiger partial charge on any atom is 0.126 e. The molecule has 0 spiro atoms. The van der Waals surface area contributed by atoms with Crippen molar-refractivity contribution in [1.82, 2.24) is 5.32 Å². The minimum absolute atomic E-state index is 0.0983. The van der Waals surface area contributed by atoms with Gasteiger partial charge < -0.3 is 5.32 Å². The van der Waals surface area contributed by atoms with E-state index in [2.05, 4.69) is 35.1 Å². The number of aryl methyl sites for hydroxylation is 1. The van der Waals surface area contributed by atoms with Gasteiger partial charge in [0.2, 0.25) is 0 Å². The van der Waals surface area contributed by atoms with Gasteiger partial charge in [-0.25, -0.2) is 4.39 Å². The van der Waals surface area contributed by atoms with E-state index < -0.39 is 0 Å². The van der Waals surface area contributed by atoms with Crippen LogP contribution in [0, 0.1) is 11.7 Å². The Morgan fingerprint density at radius 3 is 2.88 bits per heavy atom. The quantitative estimate of drug-likeness (QED) is 0.840. The highest BCUT2D eigenvalue weighted by molar-refractivity contribution is 9.10. The molecule has 1 N–H and O–H groups in total. The Bertz CT molecular complexity index is 328. The van der Waals surface area contributed by atoms with Gasteiger partial charge in [0.25, 0.3) is 0 Å². The highest BCUT2D eigenvalue weighted by Gasteiger charge is 2.06. The highest BCUT2D eigenvalue weighted by Crippen LogP contribution is 2.18. The third kappa shape index (κ3) is 4.62. The van der Waals surface area contributed by atoms with E-state index in [1.165, 1.54) is 6.07 Å². The average Bonchev–Trinajstić information content (AvgIpc) is 2.27. The minimum Gasteiger partial charge on any atom is -0.317 e. The van der Waals surface area contributed by atoms with Crippen molar-refractivity contribution in [2.24, 2.45) is 5.92 Å². The summed E-state index contributed by atoms with van der Waals surface area (Å²) in [4.78, 5) is 0. The van der Waals surface area contributed by atoms with Gasteiger partial charge in [0, 0.05) is 4.47 Å². The lowest BCUT2D eigenvalue weighted by atomic mass is 10.0. The first-order valence-electron chi connectivity index (χ1n) is 5.78. The first kappa shape index (κ1) is 13.7. The van der Waals surface area contributed by atoms with Gasteiger partial charge >= 0.3 is 0 Å². The summed E-state index contributed by atoms with van der Waals surface area (Å²) in [6.45, 7) is 6.29. The molecule has 3 heteroatoms. The fourth-order valence-electron chi connectivity index (χ4n) is 1.63. The Morgan fingerprint density at radius 1 is 1.44 bits per heavy atom. The van der Waals surface area contributed by atoms with E-state index in [1.807, 2.05) is 6.07 Å². The van der Waals surface area contributed by atoms with Gasteiger partial charge in [0.15, 0.2) is 0 Å². The topological polar surface area (TPSA) is 12.0 Å². The van der Waals surface area contributed by atoms with Gasteiger partial charge in [0.05, 0.1) is 0 Å². The zero-order chi connectivity index (χ0) is 12.0. The maximum atomic E-state index is 13.4. The zero-order valence-corrected chi connectivity index (χ0v) is 11.5. The first-order valence-corrected chi connectivity index (χ1v) is 6.57. The van der Waals surface area contributed by atoms with Gasteiger partial charge in [-0.05, 0) is 55.6 Å². The monoisotopic (exact) mass is 287 g/mol. The number of rotatable bonds is 6. The van der Waals surface area contributed by atoms with Crippen molar-refractivity contribution in [3.63, 3.8) is 0 Å². The Balaban J connectivity index is 2.44. The minimum atomic E-state index is -0.0983. The predicted molar refractivity (Wildman–Crippen MR) is 70.1 cm³/mol. The molecule has 0 bridgehead atoms. The van der Waals surface area contributed by atoms with Crippen LogP contribution >= 0.6 is 15.9 Å².